The molecule has 7 unspecified atom stereocenters. The van der Waals surface area contributed by atoms with Crippen molar-refractivity contribution in [3.8, 4) is 0 Å². The summed E-state index contributed by atoms with van der Waals surface area (Å²) in [6.07, 6.45) is 74.2. The molecule has 1 fully saturated rings. The summed E-state index contributed by atoms with van der Waals surface area (Å²) in [6, 6.07) is -0.832. The van der Waals surface area contributed by atoms with Gasteiger partial charge in [-0.25, -0.2) is 0 Å². The van der Waals surface area contributed by atoms with Gasteiger partial charge in [0.1, 0.15) is 24.4 Å². The van der Waals surface area contributed by atoms with Crippen LogP contribution in [0.3, 0.4) is 0 Å². The highest BCUT2D eigenvalue weighted by molar-refractivity contribution is 5.76. The maximum Gasteiger partial charge on any atom is 0.305 e. The predicted octanol–water partition coefficient (Wildman–Crippen LogP) is 19.1. The number of carbonyl (C=O) groups excluding carboxylic acids is 2. The maximum absolute atomic E-state index is 13.1. The molecule has 0 saturated carbocycles. The van der Waals surface area contributed by atoms with Gasteiger partial charge in [0, 0.05) is 12.8 Å². The zero-order chi connectivity index (χ0) is 62.3. The predicted molar refractivity (Wildman–Crippen MR) is 361 cm³/mol. The van der Waals surface area contributed by atoms with Crippen molar-refractivity contribution in [1.82, 2.24) is 5.32 Å². The number of amides is 1. The number of unbranched alkanes of at least 4 members (excludes halogenated alkanes) is 45. The van der Waals surface area contributed by atoms with Crippen LogP contribution < -0.4 is 5.32 Å². The van der Waals surface area contributed by atoms with E-state index in [1.807, 2.05) is 6.08 Å². The Hall–Kier alpha value is -2.38. The molecule has 86 heavy (non-hydrogen) atoms. The molecule has 11 nitrogen and oxygen atoms in total. The normalized spacial score (nSPS) is 18.2. The second-order valence-corrected chi connectivity index (χ2v) is 25.6. The Morgan fingerprint density at radius 3 is 1.19 bits per heavy atom. The molecule has 6 N–H and O–H groups in total. The molecule has 0 aliphatic carbocycles. The SMILES string of the molecule is CCCC/C=C/CC/C=C/CC/C=C/C(O)C(COC1OC(CO)C(O)C(O)C1O)NC(=O)CCCCCCCCCCCCCCCCCCC/C=C\CCCCCCCCCCCCCCCCOC(=O)CCCCCCCCCCCCC. The third-order valence-corrected chi connectivity index (χ3v) is 17.4. The lowest BCUT2D eigenvalue weighted by Crippen LogP contribution is -2.60. The first-order chi connectivity index (χ1) is 42.2. The summed E-state index contributed by atoms with van der Waals surface area (Å²) in [5, 5.41) is 54.4. The highest BCUT2D eigenvalue weighted by Gasteiger charge is 2.44. The number of carbonyl (C=O) groups is 2. The number of aliphatic hydroxyl groups is 5. The lowest BCUT2D eigenvalue weighted by Gasteiger charge is -2.40. The van der Waals surface area contributed by atoms with E-state index in [1.165, 1.54) is 263 Å². The summed E-state index contributed by atoms with van der Waals surface area (Å²) in [5.74, 6) is -0.180. The van der Waals surface area contributed by atoms with Gasteiger partial charge in [-0.1, -0.05) is 313 Å². The molecular formula is C75H139NO10. The molecule has 0 aromatic heterocycles. The minimum absolute atomic E-state index is 0.0130. The first-order valence-electron chi connectivity index (χ1n) is 36.9. The Kier molecular flexibility index (Phi) is 60.9. The molecule has 1 saturated heterocycles. The molecule has 7 atom stereocenters. The number of esters is 1. The average molecular weight is 1210 g/mol. The molecule has 0 aromatic rings. The molecule has 1 amide bonds. The van der Waals surface area contributed by atoms with E-state index in [1.54, 1.807) is 6.08 Å². The molecule has 0 bridgehead atoms. The van der Waals surface area contributed by atoms with Gasteiger partial charge in [0.05, 0.1) is 32.0 Å². The molecule has 0 aromatic carbocycles. The monoisotopic (exact) mass is 1210 g/mol. The van der Waals surface area contributed by atoms with Gasteiger partial charge >= 0.3 is 5.97 Å². The Labute approximate surface area is 529 Å². The topological polar surface area (TPSA) is 175 Å². The molecule has 1 aliphatic heterocycles. The van der Waals surface area contributed by atoms with Gasteiger partial charge in [0.2, 0.25) is 5.91 Å². The van der Waals surface area contributed by atoms with Gasteiger partial charge in [-0.15, -0.1) is 0 Å². The number of hydrogen-bond acceptors (Lipinski definition) is 10. The number of rotatable bonds is 65. The van der Waals surface area contributed by atoms with E-state index >= 15 is 0 Å². The molecule has 1 rings (SSSR count). The summed E-state index contributed by atoms with van der Waals surface area (Å²) >= 11 is 0. The molecule has 11 heteroatoms. The van der Waals surface area contributed by atoms with Crippen molar-refractivity contribution in [2.75, 3.05) is 19.8 Å². The van der Waals surface area contributed by atoms with E-state index in [4.69, 9.17) is 14.2 Å². The number of ether oxygens (including phenoxy) is 3. The Morgan fingerprint density at radius 2 is 0.767 bits per heavy atom. The van der Waals surface area contributed by atoms with Crippen molar-refractivity contribution in [2.24, 2.45) is 0 Å². The van der Waals surface area contributed by atoms with Crippen LogP contribution in [0.2, 0.25) is 0 Å². The minimum atomic E-state index is -1.58. The molecular weight excluding hydrogens is 1070 g/mol. The Bertz CT molecular complexity index is 1570. The zero-order valence-electron chi connectivity index (χ0n) is 56.0. The van der Waals surface area contributed by atoms with Crippen LogP contribution in [-0.2, 0) is 23.8 Å². The molecule has 1 aliphatic rings. The smallest absolute Gasteiger partial charge is 0.305 e. The van der Waals surface area contributed by atoms with Gasteiger partial charge in [-0.3, -0.25) is 9.59 Å². The van der Waals surface area contributed by atoms with Crippen LogP contribution >= 0.6 is 0 Å². The highest BCUT2D eigenvalue weighted by Crippen LogP contribution is 2.23. The third kappa shape index (κ3) is 52.4. The van der Waals surface area contributed by atoms with Gasteiger partial charge in [-0.05, 0) is 77.0 Å². The van der Waals surface area contributed by atoms with E-state index in [2.05, 4.69) is 55.6 Å². The van der Waals surface area contributed by atoms with Crippen molar-refractivity contribution in [1.29, 1.82) is 0 Å². The van der Waals surface area contributed by atoms with Crippen LogP contribution in [0.15, 0.2) is 48.6 Å². The number of hydrogen-bond donors (Lipinski definition) is 6. The minimum Gasteiger partial charge on any atom is -0.466 e. The maximum atomic E-state index is 13.1. The quantitative estimate of drug-likeness (QED) is 0.0195. The van der Waals surface area contributed by atoms with Crippen molar-refractivity contribution < 1.29 is 49.3 Å². The lowest BCUT2D eigenvalue weighted by atomic mass is 9.99. The first kappa shape index (κ1) is 81.6. The standard InChI is InChI=1S/C75H139NO10/c1-3-5-7-9-11-13-15-42-45-49-53-57-61-68(78)67(66-85-75-74(83)73(82)72(81)69(65-77)86-75)76-70(79)62-58-54-50-46-43-39-37-35-33-31-29-27-25-23-21-19-17-16-18-20-22-24-26-28-30-32-34-36-38-40-44-48-52-56-60-64-84-71(80)63-59-55-51-47-41-14-12-10-8-6-4-2/h9,11,18,20,42,45,57,61,67-69,72-75,77-78,81-83H,3-8,10,12-17,19,21-41,43-44,46-56,58-60,62-66H2,1-2H3,(H,76,79)/b11-9+,20-18-,45-42+,61-57+. The Morgan fingerprint density at radius 1 is 0.419 bits per heavy atom. The number of nitrogens with one attached hydrogen (secondary N) is 1. The molecule has 1 heterocycles. The van der Waals surface area contributed by atoms with Gasteiger partial charge in [0.25, 0.3) is 0 Å². The van der Waals surface area contributed by atoms with Crippen LogP contribution in [0.5, 0.6) is 0 Å². The van der Waals surface area contributed by atoms with Crippen molar-refractivity contribution >= 4 is 11.9 Å². The summed E-state index contributed by atoms with van der Waals surface area (Å²) < 4.78 is 16.7. The van der Waals surface area contributed by atoms with Gasteiger partial charge in [-0.2, -0.15) is 0 Å². The summed E-state index contributed by atoms with van der Waals surface area (Å²) in [4.78, 5) is 25.1. The van der Waals surface area contributed by atoms with Crippen LogP contribution in [0.25, 0.3) is 0 Å². The van der Waals surface area contributed by atoms with Crippen LogP contribution in [0.1, 0.15) is 354 Å². The van der Waals surface area contributed by atoms with Gasteiger partial charge < -0.3 is 45.1 Å². The van der Waals surface area contributed by atoms with E-state index in [0.29, 0.717) is 19.4 Å². The fourth-order valence-corrected chi connectivity index (χ4v) is 11.6. The van der Waals surface area contributed by atoms with Crippen molar-refractivity contribution in [2.45, 2.75) is 397 Å². The zero-order valence-corrected chi connectivity index (χ0v) is 56.0. The molecule has 504 valence electrons. The number of allylic oxidation sites excluding steroid dienone is 7. The van der Waals surface area contributed by atoms with E-state index in [-0.39, 0.29) is 18.5 Å². The summed E-state index contributed by atoms with van der Waals surface area (Å²) in [5.41, 5.74) is 0. The lowest BCUT2D eigenvalue weighted by molar-refractivity contribution is -0.302. The second kappa shape index (κ2) is 64.2. The molecule has 0 radical (unpaired) electrons. The van der Waals surface area contributed by atoms with Crippen molar-refractivity contribution in [3.05, 3.63) is 48.6 Å². The second-order valence-electron chi connectivity index (χ2n) is 25.6. The van der Waals surface area contributed by atoms with E-state index < -0.39 is 49.5 Å². The van der Waals surface area contributed by atoms with E-state index in [9.17, 15) is 35.1 Å². The first-order valence-corrected chi connectivity index (χ1v) is 36.9. The van der Waals surface area contributed by atoms with E-state index in [0.717, 1.165) is 64.2 Å². The largest absolute Gasteiger partial charge is 0.466 e. The van der Waals surface area contributed by atoms with Crippen LogP contribution in [-0.4, -0.2) is 100 Å². The summed E-state index contributed by atoms with van der Waals surface area (Å²) in [6.45, 7) is 4.31. The number of aliphatic hydroxyl groups excluding tert-OH is 5. The fourth-order valence-electron chi connectivity index (χ4n) is 11.6. The average Bonchev–Trinajstić information content (AvgIpc) is 3.61. The fraction of sp³-hybridized carbons (Fsp3) is 0.867. The van der Waals surface area contributed by atoms with Crippen LogP contribution in [0, 0.1) is 0 Å². The Balaban J connectivity index is 1.93. The summed E-state index contributed by atoms with van der Waals surface area (Å²) in [7, 11) is 0. The molecule has 0 spiro atoms. The highest BCUT2D eigenvalue weighted by atomic mass is 16.7. The van der Waals surface area contributed by atoms with Crippen LogP contribution in [0.4, 0.5) is 0 Å². The van der Waals surface area contributed by atoms with Crippen molar-refractivity contribution in [3.63, 3.8) is 0 Å². The van der Waals surface area contributed by atoms with Gasteiger partial charge in [0.15, 0.2) is 6.29 Å². The third-order valence-electron chi connectivity index (χ3n) is 17.4.